The molecule has 0 aromatic heterocycles. The Morgan fingerprint density at radius 3 is 2.54 bits per heavy atom. The highest BCUT2D eigenvalue weighted by atomic mass is 32.2. The minimum Gasteiger partial charge on any atom is -0.452 e. The maximum atomic E-state index is 13.0. The highest BCUT2D eigenvalue weighted by Crippen LogP contribution is 2.26. The second kappa shape index (κ2) is 9.67. The number of benzene rings is 2. The normalized spacial score (nSPS) is 10.9. The van der Waals surface area contributed by atoms with Gasteiger partial charge in [-0.3, -0.25) is 4.79 Å². The second-order valence-corrected chi connectivity index (χ2v) is 6.01. The Morgan fingerprint density at radius 1 is 1.15 bits per heavy atom. The first kappa shape index (κ1) is 19.6. The van der Waals surface area contributed by atoms with Crippen LogP contribution in [0.4, 0.5) is 18.9 Å². The van der Waals surface area contributed by atoms with Gasteiger partial charge in [0.2, 0.25) is 0 Å². The molecule has 4 nitrogen and oxygen atoms in total. The molecule has 0 aliphatic heterocycles. The van der Waals surface area contributed by atoms with E-state index in [9.17, 15) is 22.8 Å². The van der Waals surface area contributed by atoms with E-state index in [-0.39, 0.29) is 0 Å². The summed E-state index contributed by atoms with van der Waals surface area (Å²) in [5, 5.41) is 2.47. The van der Waals surface area contributed by atoms with Crippen molar-refractivity contribution in [2.45, 2.75) is 10.7 Å². The molecule has 0 saturated heterocycles. The predicted octanol–water partition coefficient (Wildman–Crippen LogP) is 4.34. The van der Waals surface area contributed by atoms with E-state index in [2.05, 4.69) is 5.32 Å². The van der Waals surface area contributed by atoms with E-state index in [1.54, 1.807) is 6.07 Å². The maximum Gasteiger partial charge on any atom is 0.331 e. The number of carbonyl (C=O) groups is 2. The van der Waals surface area contributed by atoms with Gasteiger partial charge < -0.3 is 10.1 Å². The Bertz CT molecular complexity index is 795. The van der Waals surface area contributed by atoms with Gasteiger partial charge in [0.05, 0.1) is 0 Å². The summed E-state index contributed by atoms with van der Waals surface area (Å²) in [5.74, 6) is -4.28. The van der Waals surface area contributed by atoms with Gasteiger partial charge in [-0.05, 0) is 48.0 Å². The van der Waals surface area contributed by atoms with Crippen LogP contribution in [0.1, 0.15) is 5.56 Å². The number of halogens is 3. The Hall–Kier alpha value is -2.74. The van der Waals surface area contributed by atoms with Crippen LogP contribution in [-0.4, -0.2) is 24.2 Å². The molecule has 0 fully saturated rings. The number of alkyl halides is 2. The Morgan fingerprint density at radius 2 is 1.88 bits per heavy atom. The van der Waals surface area contributed by atoms with Gasteiger partial charge in [0.25, 0.3) is 11.7 Å². The molecule has 0 unspecified atom stereocenters. The molecule has 1 amide bonds. The number of anilines is 1. The lowest BCUT2D eigenvalue weighted by atomic mass is 10.2. The van der Waals surface area contributed by atoms with Gasteiger partial charge in [0.15, 0.2) is 6.61 Å². The maximum absolute atomic E-state index is 13.0. The smallest absolute Gasteiger partial charge is 0.331 e. The van der Waals surface area contributed by atoms with E-state index in [0.29, 0.717) is 27.9 Å². The van der Waals surface area contributed by atoms with Gasteiger partial charge in [-0.25, -0.2) is 9.18 Å². The lowest BCUT2D eigenvalue weighted by molar-refractivity contribution is -0.142. The van der Waals surface area contributed by atoms with Crippen molar-refractivity contribution < 1.29 is 27.5 Å². The van der Waals surface area contributed by atoms with Crippen molar-refractivity contribution in [3.05, 3.63) is 66.0 Å². The van der Waals surface area contributed by atoms with Crippen LogP contribution in [-0.2, 0) is 14.3 Å². The quantitative estimate of drug-likeness (QED) is 0.441. The topological polar surface area (TPSA) is 55.4 Å². The van der Waals surface area contributed by atoms with Crippen LogP contribution in [0.25, 0.3) is 6.08 Å². The number of carbonyl (C=O) groups excluding carboxylic acids is 2. The standard InChI is InChI=1S/C18H14F3NO3S/c19-13-3-1-2-12(10-13)4-9-17(24)25-11-16(23)22-14-5-7-15(8-6-14)26-18(20)21/h1-10,18H,11H2,(H,22,23)/b9-4+. The van der Waals surface area contributed by atoms with Crippen LogP contribution >= 0.6 is 11.8 Å². The van der Waals surface area contributed by atoms with Crippen LogP contribution in [0.2, 0.25) is 0 Å². The zero-order valence-corrected chi connectivity index (χ0v) is 14.1. The fraction of sp³-hybridized carbons (Fsp3) is 0.111. The zero-order valence-electron chi connectivity index (χ0n) is 13.3. The number of ether oxygens (including phenoxy) is 1. The first-order valence-electron chi connectivity index (χ1n) is 7.37. The molecule has 0 atom stereocenters. The minimum absolute atomic E-state index is 0.368. The van der Waals surface area contributed by atoms with E-state index < -0.39 is 30.1 Å². The number of thioether (sulfide) groups is 1. The van der Waals surface area contributed by atoms with Gasteiger partial charge in [-0.2, -0.15) is 8.78 Å². The number of esters is 1. The molecule has 136 valence electrons. The molecular weight excluding hydrogens is 367 g/mol. The Balaban J connectivity index is 1.78. The van der Waals surface area contributed by atoms with E-state index in [4.69, 9.17) is 4.74 Å². The van der Waals surface area contributed by atoms with Crippen molar-refractivity contribution in [3.63, 3.8) is 0 Å². The van der Waals surface area contributed by atoms with Crippen LogP contribution in [0.15, 0.2) is 59.5 Å². The summed E-state index contributed by atoms with van der Waals surface area (Å²) in [6.07, 6.45) is 2.45. The Labute approximate surface area is 152 Å². The summed E-state index contributed by atoms with van der Waals surface area (Å²) in [4.78, 5) is 23.6. The molecule has 0 spiro atoms. The first-order chi connectivity index (χ1) is 12.4. The van der Waals surface area contributed by atoms with E-state index >= 15 is 0 Å². The average molecular weight is 381 g/mol. The molecule has 0 saturated carbocycles. The van der Waals surface area contributed by atoms with Gasteiger partial charge in [0, 0.05) is 16.7 Å². The van der Waals surface area contributed by atoms with Crippen molar-refractivity contribution in [1.29, 1.82) is 0 Å². The van der Waals surface area contributed by atoms with Gasteiger partial charge in [0.1, 0.15) is 5.82 Å². The molecule has 2 aromatic carbocycles. The highest BCUT2D eigenvalue weighted by molar-refractivity contribution is 7.99. The molecule has 0 heterocycles. The predicted molar refractivity (Wildman–Crippen MR) is 93.3 cm³/mol. The third-order valence-electron chi connectivity index (χ3n) is 2.97. The van der Waals surface area contributed by atoms with E-state index in [1.807, 2.05) is 0 Å². The second-order valence-electron chi connectivity index (χ2n) is 4.95. The van der Waals surface area contributed by atoms with Crippen molar-refractivity contribution in [2.24, 2.45) is 0 Å². The van der Waals surface area contributed by atoms with Gasteiger partial charge in [-0.15, -0.1) is 0 Å². The molecule has 2 rings (SSSR count). The number of hydrogen-bond acceptors (Lipinski definition) is 4. The summed E-state index contributed by atoms with van der Waals surface area (Å²) >= 11 is 0.398. The van der Waals surface area contributed by atoms with Crippen LogP contribution in [0.3, 0.4) is 0 Å². The Kier molecular flexibility index (Phi) is 7.28. The van der Waals surface area contributed by atoms with Crippen molar-refractivity contribution in [3.8, 4) is 0 Å². The average Bonchev–Trinajstić information content (AvgIpc) is 2.59. The fourth-order valence-electron chi connectivity index (χ4n) is 1.88. The SMILES string of the molecule is O=C(COC(=O)/C=C/c1cccc(F)c1)Nc1ccc(SC(F)F)cc1. The summed E-state index contributed by atoms with van der Waals surface area (Å²) in [6, 6.07) is 11.4. The molecule has 26 heavy (non-hydrogen) atoms. The lowest BCUT2D eigenvalue weighted by Crippen LogP contribution is -2.20. The summed E-state index contributed by atoms with van der Waals surface area (Å²) in [6.45, 7) is -0.514. The summed E-state index contributed by atoms with van der Waals surface area (Å²) < 4.78 is 42.2. The van der Waals surface area contributed by atoms with Crippen LogP contribution in [0, 0.1) is 5.82 Å². The van der Waals surface area contributed by atoms with Crippen LogP contribution < -0.4 is 5.32 Å². The van der Waals surface area contributed by atoms with E-state index in [1.165, 1.54) is 48.5 Å². The number of nitrogens with one attached hydrogen (secondary N) is 1. The molecular formula is C18H14F3NO3S. The lowest BCUT2D eigenvalue weighted by Gasteiger charge is -2.06. The number of rotatable bonds is 7. The van der Waals surface area contributed by atoms with Crippen molar-refractivity contribution in [1.82, 2.24) is 0 Å². The molecule has 0 aliphatic carbocycles. The molecule has 0 bridgehead atoms. The van der Waals surface area contributed by atoms with Gasteiger partial charge >= 0.3 is 5.97 Å². The summed E-state index contributed by atoms with van der Waals surface area (Å²) in [7, 11) is 0. The number of amides is 1. The molecule has 8 heteroatoms. The van der Waals surface area contributed by atoms with Crippen LogP contribution in [0.5, 0.6) is 0 Å². The fourth-order valence-corrected chi connectivity index (χ4v) is 2.38. The third-order valence-corrected chi connectivity index (χ3v) is 3.69. The van der Waals surface area contributed by atoms with E-state index in [0.717, 1.165) is 6.08 Å². The van der Waals surface area contributed by atoms with Crippen molar-refractivity contribution in [2.75, 3.05) is 11.9 Å². The highest BCUT2D eigenvalue weighted by Gasteiger charge is 2.08. The minimum atomic E-state index is -2.52. The first-order valence-corrected chi connectivity index (χ1v) is 8.25. The van der Waals surface area contributed by atoms with Crippen molar-refractivity contribution >= 4 is 35.4 Å². The summed E-state index contributed by atoms with van der Waals surface area (Å²) in [5.41, 5.74) is 0.869. The molecule has 0 radical (unpaired) electrons. The van der Waals surface area contributed by atoms with Gasteiger partial charge in [-0.1, -0.05) is 23.9 Å². The monoisotopic (exact) mass is 381 g/mol. The molecule has 2 aromatic rings. The largest absolute Gasteiger partial charge is 0.452 e. The number of hydrogen-bond donors (Lipinski definition) is 1. The zero-order chi connectivity index (χ0) is 18.9. The molecule has 0 aliphatic rings. The third kappa shape index (κ3) is 7.02. The molecule has 1 N–H and O–H groups in total.